The van der Waals surface area contributed by atoms with E-state index in [9.17, 15) is 19.5 Å². The molecule has 1 fully saturated rings. The molecule has 25 heavy (non-hydrogen) atoms. The number of piperidine rings is 1. The van der Waals surface area contributed by atoms with Gasteiger partial charge in [-0.05, 0) is 25.3 Å². The maximum atomic E-state index is 12.3. The Bertz CT molecular complexity index is 514. The van der Waals surface area contributed by atoms with Crippen LogP contribution in [-0.2, 0) is 23.9 Å². The number of ether oxygens (including phenoxy) is 2. The monoisotopic (exact) mass is 371 g/mol. The van der Waals surface area contributed by atoms with Crippen molar-refractivity contribution in [2.45, 2.75) is 51.0 Å². The number of nitrogens with zero attached hydrogens (tertiary/aromatic N) is 1. The van der Waals surface area contributed by atoms with E-state index in [-0.39, 0.29) is 25.5 Å². The SMILES string of the molecule is C=C(COCOCC[Si](C)(C)C)C(=O)C(=O)N1CCCCC1C(=O)O. The van der Waals surface area contributed by atoms with E-state index in [1.807, 2.05) is 0 Å². The number of rotatable bonds is 10. The highest BCUT2D eigenvalue weighted by molar-refractivity contribution is 6.76. The Morgan fingerprint density at radius 3 is 2.48 bits per heavy atom. The molecular weight excluding hydrogens is 342 g/mol. The average molecular weight is 372 g/mol. The summed E-state index contributed by atoms with van der Waals surface area (Å²) in [6, 6.07) is 0.0732. The summed E-state index contributed by atoms with van der Waals surface area (Å²) in [5.41, 5.74) is 0.00788. The predicted octanol–water partition coefficient (Wildman–Crippen LogP) is 1.91. The molecule has 1 aliphatic rings. The smallest absolute Gasteiger partial charge is 0.326 e. The van der Waals surface area contributed by atoms with Gasteiger partial charge in [-0.15, -0.1) is 0 Å². The molecule has 142 valence electrons. The fourth-order valence-corrected chi connectivity index (χ4v) is 3.20. The summed E-state index contributed by atoms with van der Waals surface area (Å²) in [4.78, 5) is 36.8. The molecule has 1 atom stereocenters. The molecule has 0 aromatic rings. The van der Waals surface area contributed by atoms with Gasteiger partial charge in [0.15, 0.2) is 0 Å². The Labute approximate surface area is 150 Å². The molecule has 1 aliphatic heterocycles. The van der Waals surface area contributed by atoms with Crippen LogP contribution in [0.15, 0.2) is 12.2 Å². The second-order valence-corrected chi connectivity index (χ2v) is 13.1. The number of amides is 1. The van der Waals surface area contributed by atoms with E-state index in [2.05, 4.69) is 26.2 Å². The predicted molar refractivity (Wildman–Crippen MR) is 96.1 cm³/mol. The van der Waals surface area contributed by atoms with Crippen LogP contribution in [0, 0.1) is 0 Å². The number of hydrogen-bond acceptors (Lipinski definition) is 5. The number of likely N-dealkylation sites (tertiary alicyclic amines) is 1. The molecule has 8 heteroatoms. The first-order valence-corrected chi connectivity index (χ1v) is 12.3. The molecule has 0 spiro atoms. The number of carbonyl (C=O) groups is 3. The molecule has 0 saturated carbocycles. The molecule has 0 aromatic heterocycles. The first-order valence-electron chi connectivity index (χ1n) is 8.55. The summed E-state index contributed by atoms with van der Waals surface area (Å²) >= 11 is 0. The van der Waals surface area contributed by atoms with Crippen molar-refractivity contribution in [1.29, 1.82) is 0 Å². The Hall–Kier alpha value is -1.51. The molecule has 0 radical (unpaired) electrons. The molecule has 1 N–H and O–H groups in total. The van der Waals surface area contributed by atoms with E-state index < -0.39 is 31.8 Å². The standard InChI is InChI=1S/C17H29NO6Si/c1-13(11-24-12-23-9-10-25(2,3)4)15(19)16(20)18-8-6-5-7-14(18)17(21)22/h14H,1,5-12H2,2-4H3,(H,21,22). The Morgan fingerprint density at radius 1 is 1.20 bits per heavy atom. The van der Waals surface area contributed by atoms with Crippen LogP contribution < -0.4 is 0 Å². The number of aliphatic carboxylic acids is 1. The lowest BCUT2D eigenvalue weighted by atomic mass is 10.0. The summed E-state index contributed by atoms with van der Waals surface area (Å²) in [6.07, 6.45) is 1.78. The number of ketones is 1. The van der Waals surface area contributed by atoms with Gasteiger partial charge in [0.1, 0.15) is 12.8 Å². The summed E-state index contributed by atoms with van der Waals surface area (Å²) in [6.45, 7) is 11.1. The third-order valence-electron chi connectivity index (χ3n) is 4.00. The van der Waals surface area contributed by atoms with Crippen LogP contribution in [0.3, 0.4) is 0 Å². The first kappa shape index (κ1) is 21.5. The molecular formula is C17H29NO6Si. The zero-order valence-corrected chi connectivity index (χ0v) is 16.4. The molecule has 0 bridgehead atoms. The highest BCUT2D eigenvalue weighted by atomic mass is 28.3. The lowest BCUT2D eigenvalue weighted by Crippen LogP contribution is -2.50. The Kier molecular flexibility index (Phi) is 8.47. The van der Waals surface area contributed by atoms with Crippen LogP contribution in [0.2, 0.25) is 25.7 Å². The van der Waals surface area contributed by atoms with Gasteiger partial charge in [-0.1, -0.05) is 26.2 Å². The van der Waals surface area contributed by atoms with Crippen LogP contribution in [0.1, 0.15) is 19.3 Å². The molecule has 1 amide bonds. The largest absolute Gasteiger partial charge is 0.480 e. The van der Waals surface area contributed by atoms with Gasteiger partial charge in [-0.25, -0.2) is 4.79 Å². The zero-order chi connectivity index (χ0) is 19.0. The van der Waals surface area contributed by atoms with Gasteiger partial charge in [-0.2, -0.15) is 0 Å². The minimum Gasteiger partial charge on any atom is -0.480 e. The van der Waals surface area contributed by atoms with Crippen molar-refractivity contribution in [3.63, 3.8) is 0 Å². The van der Waals surface area contributed by atoms with E-state index >= 15 is 0 Å². The maximum Gasteiger partial charge on any atom is 0.326 e. The van der Waals surface area contributed by atoms with E-state index in [1.165, 1.54) is 0 Å². The number of Topliss-reactive ketones (excluding diaryl/α,β-unsaturated/α-hetero) is 1. The molecule has 7 nitrogen and oxygen atoms in total. The highest BCUT2D eigenvalue weighted by Crippen LogP contribution is 2.18. The van der Waals surface area contributed by atoms with E-state index in [0.29, 0.717) is 19.4 Å². The topological polar surface area (TPSA) is 93.1 Å². The number of carbonyl (C=O) groups excluding carboxylic acids is 2. The minimum absolute atomic E-state index is 0.00788. The molecule has 1 rings (SSSR count). The summed E-state index contributed by atoms with van der Waals surface area (Å²) in [5.74, 6) is -2.70. The molecule has 1 unspecified atom stereocenters. The van der Waals surface area contributed by atoms with Gasteiger partial charge in [-0.3, -0.25) is 9.59 Å². The fraction of sp³-hybridized carbons (Fsp3) is 0.706. The summed E-state index contributed by atoms with van der Waals surface area (Å²) in [5, 5.41) is 9.19. The van der Waals surface area contributed by atoms with E-state index in [1.54, 1.807) is 0 Å². The lowest BCUT2D eigenvalue weighted by Gasteiger charge is -2.32. The van der Waals surface area contributed by atoms with Crippen LogP contribution in [0.5, 0.6) is 0 Å². The highest BCUT2D eigenvalue weighted by Gasteiger charge is 2.35. The average Bonchev–Trinajstić information content (AvgIpc) is 2.55. The van der Waals surface area contributed by atoms with Crippen LogP contribution >= 0.6 is 0 Å². The van der Waals surface area contributed by atoms with E-state index in [4.69, 9.17) is 9.47 Å². The lowest BCUT2D eigenvalue weighted by molar-refractivity contribution is -0.154. The van der Waals surface area contributed by atoms with Crippen LogP contribution in [-0.4, -0.2) is 68.3 Å². The van der Waals surface area contributed by atoms with Gasteiger partial charge in [0.2, 0.25) is 5.78 Å². The molecule has 0 aliphatic carbocycles. The zero-order valence-electron chi connectivity index (χ0n) is 15.4. The third-order valence-corrected chi connectivity index (χ3v) is 5.71. The van der Waals surface area contributed by atoms with Gasteiger partial charge < -0.3 is 19.5 Å². The summed E-state index contributed by atoms with van der Waals surface area (Å²) < 4.78 is 10.6. The number of carboxylic acids is 1. The Morgan fingerprint density at radius 2 is 1.88 bits per heavy atom. The van der Waals surface area contributed by atoms with Crippen molar-refractivity contribution in [3.8, 4) is 0 Å². The third kappa shape index (κ3) is 7.49. The minimum atomic E-state index is -1.16. The van der Waals surface area contributed by atoms with Gasteiger partial charge >= 0.3 is 5.97 Å². The van der Waals surface area contributed by atoms with Crippen molar-refractivity contribution in [1.82, 2.24) is 4.90 Å². The molecule has 0 aromatic carbocycles. The van der Waals surface area contributed by atoms with Crippen molar-refractivity contribution < 1.29 is 29.0 Å². The maximum absolute atomic E-state index is 12.3. The van der Waals surface area contributed by atoms with Crippen molar-refractivity contribution in [2.24, 2.45) is 0 Å². The van der Waals surface area contributed by atoms with Crippen LogP contribution in [0.25, 0.3) is 0 Å². The Balaban J connectivity index is 2.38. The van der Waals surface area contributed by atoms with Gasteiger partial charge in [0, 0.05) is 26.8 Å². The van der Waals surface area contributed by atoms with Gasteiger partial charge in [0.25, 0.3) is 5.91 Å². The number of carboxylic acid groups (broad SMARTS) is 1. The molecule has 1 heterocycles. The molecule has 1 saturated heterocycles. The van der Waals surface area contributed by atoms with Crippen molar-refractivity contribution in [3.05, 3.63) is 12.2 Å². The summed E-state index contributed by atoms with van der Waals surface area (Å²) in [7, 11) is -1.16. The normalized spacial score (nSPS) is 18.0. The van der Waals surface area contributed by atoms with Gasteiger partial charge in [0.05, 0.1) is 6.61 Å². The second-order valence-electron chi connectivity index (χ2n) is 7.47. The van der Waals surface area contributed by atoms with Crippen molar-refractivity contribution in [2.75, 3.05) is 26.6 Å². The van der Waals surface area contributed by atoms with E-state index in [0.717, 1.165) is 17.4 Å². The van der Waals surface area contributed by atoms with Crippen LogP contribution in [0.4, 0.5) is 0 Å². The fourth-order valence-electron chi connectivity index (χ4n) is 2.44. The van der Waals surface area contributed by atoms with Crippen molar-refractivity contribution >= 4 is 25.7 Å². The first-order chi connectivity index (χ1) is 11.6. The number of hydrogen-bond donors (Lipinski definition) is 1. The second kappa shape index (κ2) is 9.84. The quantitative estimate of drug-likeness (QED) is 0.207.